The average Bonchev–Trinajstić information content (AvgIpc) is 3.19. The number of fused-ring (bicyclic) bond motifs is 1. The predicted octanol–water partition coefficient (Wildman–Crippen LogP) is 4.46. The molecule has 35 heavy (non-hydrogen) atoms. The third-order valence-corrected chi connectivity index (χ3v) is 6.64. The second kappa shape index (κ2) is 9.41. The van der Waals surface area contributed by atoms with Crippen LogP contribution in [0.5, 0.6) is 5.88 Å². The van der Waals surface area contributed by atoms with Crippen LogP contribution in [0.3, 0.4) is 0 Å². The van der Waals surface area contributed by atoms with Gasteiger partial charge in [-0.1, -0.05) is 30.3 Å². The summed E-state index contributed by atoms with van der Waals surface area (Å²) in [6, 6.07) is 20.6. The molecule has 0 bridgehead atoms. The number of benzene rings is 2. The maximum absolute atomic E-state index is 13.0. The Hall–Kier alpha value is -3.87. The second-order valence-corrected chi connectivity index (χ2v) is 9.32. The van der Waals surface area contributed by atoms with E-state index in [1.165, 1.54) is 11.3 Å². The number of anilines is 1. The highest BCUT2D eigenvalue weighted by atomic mass is 16.5. The summed E-state index contributed by atoms with van der Waals surface area (Å²) in [6.07, 6.45) is 0. The first-order chi connectivity index (χ1) is 16.9. The minimum absolute atomic E-state index is 0.0203. The fourth-order valence-electron chi connectivity index (χ4n) is 4.90. The summed E-state index contributed by atoms with van der Waals surface area (Å²) < 4.78 is 7.75. The van der Waals surface area contributed by atoms with E-state index in [9.17, 15) is 4.79 Å². The van der Waals surface area contributed by atoms with Crippen LogP contribution >= 0.6 is 0 Å². The lowest BCUT2D eigenvalue weighted by atomic mass is 10.1. The van der Waals surface area contributed by atoms with Gasteiger partial charge in [0.1, 0.15) is 0 Å². The van der Waals surface area contributed by atoms with Crippen molar-refractivity contribution in [1.82, 2.24) is 19.7 Å². The van der Waals surface area contributed by atoms with E-state index < -0.39 is 0 Å². The summed E-state index contributed by atoms with van der Waals surface area (Å²) in [6.45, 7) is 10.4. The minimum atomic E-state index is -0.0342. The maximum Gasteiger partial charge on any atom is 0.260 e. The van der Waals surface area contributed by atoms with Gasteiger partial charge in [-0.15, -0.1) is 0 Å². The molecule has 4 aromatic rings. The van der Waals surface area contributed by atoms with Crippen LogP contribution < -0.4 is 9.64 Å². The molecule has 1 amide bonds. The van der Waals surface area contributed by atoms with Crippen molar-refractivity contribution in [2.24, 2.45) is 0 Å². The third-order valence-electron chi connectivity index (χ3n) is 6.64. The lowest BCUT2D eigenvalue weighted by Gasteiger charge is -2.41. The van der Waals surface area contributed by atoms with E-state index in [0.717, 1.165) is 34.5 Å². The number of carbonyl (C=O) groups excluding carboxylic acids is 1. The van der Waals surface area contributed by atoms with E-state index in [4.69, 9.17) is 14.8 Å². The van der Waals surface area contributed by atoms with Gasteiger partial charge in [0.05, 0.1) is 11.4 Å². The van der Waals surface area contributed by atoms with E-state index in [1.807, 2.05) is 59.8 Å². The van der Waals surface area contributed by atoms with Gasteiger partial charge < -0.3 is 14.5 Å². The first-order valence-corrected chi connectivity index (χ1v) is 12.1. The Morgan fingerprint density at radius 2 is 1.77 bits per heavy atom. The van der Waals surface area contributed by atoms with Crippen LogP contribution in [0.4, 0.5) is 5.69 Å². The number of piperazine rings is 1. The van der Waals surface area contributed by atoms with E-state index >= 15 is 0 Å². The molecule has 0 unspecified atom stereocenters. The van der Waals surface area contributed by atoms with Gasteiger partial charge >= 0.3 is 0 Å². The van der Waals surface area contributed by atoms with Gasteiger partial charge in [-0.2, -0.15) is 10.1 Å². The molecule has 1 atom stereocenters. The van der Waals surface area contributed by atoms with Crippen LogP contribution in [0.25, 0.3) is 16.7 Å². The number of hydrogen-bond acceptors (Lipinski definition) is 5. The molecule has 0 radical (unpaired) electrons. The average molecular weight is 470 g/mol. The quantitative estimate of drug-likeness (QED) is 0.432. The molecule has 7 heteroatoms. The Bertz CT molecular complexity index is 1360. The van der Waals surface area contributed by atoms with Gasteiger partial charge in [0.2, 0.25) is 5.88 Å². The molecule has 7 nitrogen and oxygen atoms in total. The van der Waals surface area contributed by atoms with Crippen LogP contribution in [-0.2, 0) is 4.79 Å². The number of amides is 1. The molecule has 180 valence electrons. The highest BCUT2D eigenvalue weighted by Gasteiger charge is 2.27. The molecule has 0 saturated carbocycles. The van der Waals surface area contributed by atoms with Crippen LogP contribution in [0.1, 0.15) is 23.7 Å². The zero-order valence-electron chi connectivity index (χ0n) is 20.7. The predicted molar refractivity (Wildman–Crippen MR) is 138 cm³/mol. The van der Waals surface area contributed by atoms with Crippen molar-refractivity contribution in [3.63, 3.8) is 0 Å². The van der Waals surface area contributed by atoms with Crippen molar-refractivity contribution in [3.8, 4) is 11.6 Å². The number of aromatic nitrogens is 3. The summed E-state index contributed by atoms with van der Waals surface area (Å²) >= 11 is 0. The lowest BCUT2D eigenvalue weighted by Crippen LogP contribution is -2.54. The summed E-state index contributed by atoms with van der Waals surface area (Å²) in [5, 5.41) is 5.70. The molecule has 1 aliphatic heterocycles. The monoisotopic (exact) mass is 469 g/mol. The maximum atomic E-state index is 13.0. The van der Waals surface area contributed by atoms with Crippen molar-refractivity contribution in [3.05, 3.63) is 77.5 Å². The highest BCUT2D eigenvalue weighted by Crippen LogP contribution is 2.27. The van der Waals surface area contributed by atoms with E-state index in [1.54, 1.807) is 0 Å². The topological polar surface area (TPSA) is 63.5 Å². The van der Waals surface area contributed by atoms with E-state index in [-0.39, 0.29) is 18.6 Å². The molecular weight excluding hydrogens is 438 g/mol. The molecule has 2 aromatic carbocycles. The molecule has 3 heterocycles. The first-order valence-electron chi connectivity index (χ1n) is 12.1. The Balaban J connectivity index is 1.29. The fraction of sp³-hybridized carbons (Fsp3) is 0.321. The standard InChI is InChI=1S/C28H31N5O2/c1-19-9-8-12-24(15-19)32-14-13-31(17-21(32)3)26(34)18-35-25-16-20(2)27-22(4)30-33(28(27)29-25)23-10-6-5-7-11-23/h5-12,15-16,21H,13-14,17-18H2,1-4H3/t21-/m0/s1. The van der Waals surface area contributed by atoms with Crippen molar-refractivity contribution in [2.45, 2.75) is 33.7 Å². The zero-order valence-corrected chi connectivity index (χ0v) is 20.7. The van der Waals surface area contributed by atoms with Crippen molar-refractivity contribution >= 4 is 22.6 Å². The Labute approximate surface area is 205 Å². The van der Waals surface area contributed by atoms with Crippen molar-refractivity contribution in [2.75, 3.05) is 31.1 Å². The largest absolute Gasteiger partial charge is 0.467 e. The minimum Gasteiger partial charge on any atom is -0.467 e. The molecule has 5 rings (SSSR count). The number of para-hydroxylation sites is 1. The number of pyridine rings is 1. The molecule has 1 aliphatic rings. The summed E-state index contributed by atoms with van der Waals surface area (Å²) in [4.78, 5) is 22.0. The van der Waals surface area contributed by atoms with Crippen molar-refractivity contribution in [1.29, 1.82) is 0 Å². The smallest absolute Gasteiger partial charge is 0.260 e. The lowest BCUT2D eigenvalue weighted by molar-refractivity contribution is -0.134. The number of hydrogen-bond donors (Lipinski definition) is 0. The third kappa shape index (κ3) is 4.58. The highest BCUT2D eigenvalue weighted by molar-refractivity contribution is 5.84. The Morgan fingerprint density at radius 3 is 2.51 bits per heavy atom. The number of carbonyl (C=O) groups is 1. The van der Waals surface area contributed by atoms with Gasteiger partial charge in [0.15, 0.2) is 12.3 Å². The zero-order chi connectivity index (χ0) is 24.5. The number of nitrogens with zero attached hydrogens (tertiary/aromatic N) is 5. The van der Waals surface area contributed by atoms with Gasteiger partial charge in [-0.3, -0.25) is 4.79 Å². The van der Waals surface area contributed by atoms with E-state index in [0.29, 0.717) is 19.0 Å². The SMILES string of the molecule is Cc1cccc(N2CCN(C(=O)COc3cc(C)c4c(C)nn(-c5ccccc5)c4n3)C[C@@H]2C)c1. The Kier molecular flexibility index (Phi) is 6.16. The molecular formula is C28H31N5O2. The molecule has 0 aliphatic carbocycles. The Morgan fingerprint density at radius 1 is 1.00 bits per heavy atom. The second-order valence-electron chi connectivity index (χ2n) is 9.32. The summed E-state index contributed by atoms with van der Waals surface area (Å²) in [7, 11) is 0. The van der Waals surface area contributed by atoms with Gasteiger partial charge in [0, 0.05) is 42.8 Å². The molecule has 2 aromatic heterocycles. The van der Waals surface area contributed by atoms with Crippen LogP contribution in [0, 0.1) is 20.8 Å². The van der Waals surface area contributed by atoms with E-state index in [2.05, 4.69) is 43.0 Å². The molecule has 0 spiro atoms. The van der Waals surface area contributed by atoms with Crippen molar-refractivity contribution < 1.29 is 9.53 Å². The van der Waals surface area contributed by atoms with Crippen LogP contribution in [0.2, 0.25) is 0 Å². The van der Waals surface area contributed by atoms with Gasteiger partial charge in [0.25, 0.3) is 5.91 Å². The number of rotatable bonds is 5. The van der Waals surface area contributed by atoms with Gasteiger partial charge in [-0.25, -0.2) is 4.68 Å². The molecule has 1 fully saturated rings. The van der Waals surface area contributed by atoms with Gasteiger partial charge in [-0.05, 0) is 63.1 Å². The number of aryl methyl sites for hydroxylation is 3. The summed E-state index contributed by atoms with van der Waals surface area (Å²) in [5.74, 6) is 0.417. The first kappa shape index (κ1) is 22.9. The van der Waals surface area contributed by atoms with Crippen LogP contribution in [-0.4, -0.2) is 57.9 Å². The van der Waals surface area contributed by atoms with Crippen LogP contribution in [0.15, 0.2) is 60.7 Å². The molecule has 1 saturated heterocycles. The molecule has 0 N–H and O–H groups in total. The number of ether oxygens (including phenoxy) is 1. The fourth-order valence-corrected chi connectivity index (χ4v) is 4.90. The summed E-state index contributed by atoms with van der Waals surface area (Å²) in [5.41, 5.74) is 6.06. The normalized spacial score (nSPS) is 16.1.